The summed E-state index contributed by atoms with van der Waals surface area (Å²) in [5.74, 6) is -0.214. The highest BCUT2D eigenvalue weighted by Gasteiger charge is 2.68. The molecule has 2 heterocycles. The van der Waals surface area contributed by atoms with E-state index < -0.39 is 63.8 Å². The van der Waals surface area contributed by atoms with Crippen LogP contribution in [0.25, 0.3) is 0 Å². The van der Waals surface area contributed by atoms with Gasteiger partial charge in [-0.2, -0.15) is 8.42 Å². The van der Waals surface area contributed by atoms with Crippen LogP contribution in [-0.2, 0) is 33.2 Å². The van der Waals surface area contributed by atoms with Crippen molar-refractivity contribution in [2.45, 2.75) is 115 Å². The van der Waals surface area contributed by atoms with E-state index in [1.54, 1.807) is 32.9 Å². The van der Waals surface area contributed by atoms with E-state index in [0.29, 0.717) is 24.6 Å². The molecule has 260 valence electrons. The Morgan fingerprint density at radius 3 is 2.34 bits per heavy atom. The van der Waals surface area contributed by atoms with Gasteiger partial charge in [0.05, 0.1) is 29.8 Å². The smallest absolute Gasteiger partial charge is 0.457 e. The maximum absolute atomic E-state index is 14.3. The van der Waals surface area contributed by atoms with Crippen molar-refractivity contribution in [1.29, 1.82) is 0 Å². The van der Waals surface area contributed by atoms with E-state index in [-0.39, 0.29) is 35.9 Å². The third-order valence-electron chi connectivity index (χ3n) is 11.3. The average molecular weight is 676 g/mol. The molecule has 1 aromatic rings. The summed E-state index contributed by atoms with van der Waals surface area (Å²) >= 11 is 0. The van der Waals surface area contributed by atoms with Gasteiger partial charge in [-0.15, -0.1) is 0 Å². The summed E-state index contributed by atoms with van der Waals surface area (Å²) in [5, 5.41) is 15.9. The van der Waals surface area contributed by atoms with Gasteiger partial charge < -0.3 is 29.9 Å². The van der Waals surface area contributed by atoms with Gasteiger partial charge in [0.2, 0.25) is 11.8 Å². The number of likely N-dealkylation sites (tertiary alicyclic amines) is 1. The Morgan fingerprint density at radius 1 is 1.11 bits per heavy atom. The highest BCUT2D eigenvalue weighted by Crippen LogP contribution is 2.66. The van der Waals surface area contributed by atoms with E-state index in [1.807, 2.05) is 6.92 Å². The predicted molar refractivity (Wildman–Crippen MR) is 175 cm³/mol. The van der Waals surface area contributed by atoms with E-state index in [0.717, 1.165) is 23.3 Å². The van der Waals surface area contributed by atoms with Crippen LogP contribution >= 0.6 is 0 Å². The lowest BCUT2D eigenvalue weighted by Gasteiger charge is -2.64. The van der Waals surface area contributed by atoms with E-state index >= 15 is 0 Å². The summed E-state index contributed by atoms with van der Waals surface area (Å²) in [7, 11) is -4.82. The van der Waals surface area contributed by atoms with Crippen molar-refractivity contribution < 1.29 is 41.4 Å². The molecule has 3 N–H and O–H groups in total. The molecule has 3 amide bonds. The monoisotopic (exact) mass is 675 g/mol. The SMILES string of the molecule is CC(=O)N[C@@]1(C(=O)NC(C)(C)C)CN(C(=O)O)C[C@@]1(CCCB1O[C@@H]2C[C@@H]3C[C@@H](C3(C)C)[C@]2(C)O1)COS(=O)(=O)c1ccc(C)cc1. The van der Waals surface area contributed by atoms with Gasteiger partial charge in [0, 0.05) is 24.4 Å². The number of hydrogen-bond acceptors (Lipinski definition) is 8. The number of hydrogen-bond donors (Lipinski definition) is 3. The van der Waals surface area contributed by atoms with Crippen LogP contribution < -0.4 is 10.6 Å². The van der Waals surface area contributed by atoms with Gasteiger partial charge in [-0.1, -0.05) is 38.0 Å². The lowest BCUT2D eigenvalue weighted by atomic mass is 9.43. The lowest BCUT2D eigenvalue weighted by Crippen LogP contribution is -2.70. The van der Waals surface area contributed by atoms with Crippen LogP contribution in [-0.4, -0.2) is 85.9 Å². The Balaban J connectivity index is 1.46. The minimum atomic E-state index is -4.32. The van der Waals surface area contributed by atoms with Crippen LogP contribution in [0, 0.1) is 29.6 Å². The minimum absolute atomic E-state index is 0.0220. The fraction of sp³-hybridized carbons (Fsp3) is 0.727. The van der Waals surface area contributed by atoms with Crippen LogP contribution in [0.1, 0.15) is 79.7 Å². The molecule has 2 aliphatic heterocycles. The normalized spacial score (nSPS) is 32.8. The number of nitrogens with zero attached hydrogens (tertiary/aromatic N) is 1. The van der Waals surface area contributed by atoms with Crippen molar-refractivity contribution >= 4 is 35.1 Å². The Labute approximate surface area is 278 Å². The summed E-state index contributed by atoms with van der Waals surface area (Å²) in [6.07, 6.45) is 1.67. The van der Waals surface area contributed by atoms with Gasteiger partial charge in [-0.3, -0.25) is 13.8 Å². The Morgan fingerprint density at radius 2 is 1.77 bits per heavy atom. The van der Waals surface area contributed by atoms with Gasteiger partial charge in [0.25, 0.3) is 10.1 Å². The molecule has 5 fully saturated rings. The summed E-state index contributed by atoms with van der Waals surface area (Å²) in [6.45, 7) is 13.9. The van der Waals surface area contributed by atoms with Gasteiger partial charge in [-0.05, 0) is 89.6 Å². The number of carbonyl (C=O) groups excluding carboxylic acids is 2. The summed E-state index contributed by atoms with van der Waals surface area (Å²) in [5.41, 5.74) is -3.42. The molecule has 2 saturated heterocycles. The molecule has 0 aromatic heterocycles. The Hall–Kier alpha value is -2.68. The molecule has 6 atom stereocenters. The summed E-state index contributed by atoms with van der Waals surface area (Å²) in [4.78, 5) is 40.5. The highest BCUT2D eigenvalue weighted by atomic mass is 32.2. The molecule has 1 aromatic carbocycles. The third kappa shape index (κ3) is 6.42. The van der Waals surface area contributed by atoms with Crippen molar-refractivity contribution in [3.05, 3.63) is 29.8 Å². The number of aryl methyl sites for hydroxylation is 1. The molecule has 5 aliphatic rings. The predicted octanol–water partition coefficient (Wildman–Crippen LogP) is 3.98. The number of nitrogens with one attached hydrogen (secondary N) is 2. The number of carboxylic acid groups (broad SMARTS) is 1. The third-order valence-corrected chi connectivity index (χ3v) is 12.5. The first-order chi connectivity index (χ1) is 21.6. The molecule has 47 heavy (non-hydrogen) atoms. The molecule has 0 spiro atoms. The van der Waals surface area contributed by atoms with E-state index in [1.165, 1.54) is 19.1 Å². The molecular formula is C33H50BN3O9S. The maximum atomic E-state index is 14.3. The summed E-state index contributed by atoms with van der Waals surface area (Å²) < 4.78 is 45.7. The molecule has 12 nitrogen and oxygen atoms in total. The Bertz CT molecular complexity index is 1510. The molecule has 0 radical (unpaired) electrons. The first kappa shape index (κ1) is 35.6. The first-order valence-electron chi connectivity index (χ1n) is 16.5. The highest BCUT2D eigenvalue weighted by molar-refractivity contribution is 7.86. The fourth-order valence-corrected chi connectivity index (χ4v) is 9.60. The molecule has 2 bridgehead atoms. The standard InChI is InChI=1S/C33H50BN3O9S/c1-21-10-12-24(13-11-21)47(42,43)44-20-32(14-9-15-34-45-26-17-23-16-25(30(23,6)7)31(26,8)46-34)18-37(28(40)41)19-33(32,35-22(2)38)27(39)36-29(3,4)5/h10-13,23,25-26H,9,14-20H2,1-8H3,(H,35,38)(H,36,39)(H,40,41)/t23-,25-,26+,31-,32-,33+/m0/s1. The van der Waals surface area contributed by atoms with Crippen LogP contribution in [0.3, 0.4) is 0 Å². The van der Waals surface area contributed by atoms with Crippen molar-refractivity contribution in [3.8, 4) is 0 Å². The lowest BCUT2D eigenvalue weighted by molar-refractivity contribution is -0.199. The van der Waals surface area contributed by atoms with Gasteiger partial charge in [0.15, 0.2) is 0 Å². The zero-order chi connectivity index (χ0) is 34.8. The van der Waals surface area contributed by atoms with Crippen molar-refractivity contribution in [3.63, 3.8) is 0 Å². The first-order valence-corrected chi connectivity index (χ1v) is 17.9. The topological polar surface area (TPSA) is 161 Å². The quantitative estimate of drug-likeness (QED) is 0.246. The number of carbonyl (C=O) groups is 3. The van der Waals surface area contributed by atoms with Gasteiger partial charge >= 0.3 is 13.2 Å². The second kappa shape index (κ2) is 12.0. The minimum Gasteiger partial charge on any atom is -0.465 e. The summed E-state index contributed by atoms with van der Waals surface area (Å²) in [6, 6.07) is 6.17. The molecule has 14 heteroatoms. The average Bonchev–Trinajstić information content (AvgIpc) is 3.46. The fourth-order valence-electron chi connectivity index (χ4n) is 8.61. The molecule has 6 rings (SSSR count). The van der Waals surface area contributed by atoms with Crippen molar-refractivity contribution in [1.82, 2.24) is 15.5 Å². The van der Waals surface area contributed by atoms with Crippen molar-refractivity contribution in [2.75, 3.05) is 19.7 Å². The number of rotatable bonds is 10. The van der Waals surface area contributed by atoms with Crippen molar-refractivity contribution in [2.24, 2.45) is 22.7 Å². The van der Waals surface area contributed by atoms with Crippen LogP contribution in [0.4, 0.5) is 4.79 Å². The molecule has 0 unspecified atom stereocenters. The second-order valence-corrected chi connectivity index (χ2v) is 17.6. The Kier molecular flexibility index (Phi) is 9.12. The molecule has 3 saturated carbocycles. The molecular weight excluding hydrogens is 625 g/mol. The van der Waals surface area contributed by atoms with Crippen LogP contribution in [0.5, 0.6) is 0 Å². The van der Waals surface area contributed by atoms with Crippen LogP contribution in [0.15, 0.2) is 29.2 Å². The van der Waals surface area contributed by atoms with E-state index in [9.17, 15) is 27.9 Å². The van der Waals surface area contributed by atoms with Gasteiger partial charge in [-0.25, -0.2) is 4.79 Å². The van der Waals surface area contributed by atoms with E-state index in [2.05, 4.69) is 31.4 Å². The number of amides is 3. The van der Waals surface area contributed by atoms with Crippen LogP contribution in [0.2, 0.25) is 6.32 Å². The maximum Gasteiger partial charge on any atom is 0.457 e. The molecule has 3 aliphatic carbocycles. The van der Waals surface area contributed by atoms with Gasteiger partial charge in [0.1, 0.15) is 5.54 Å². The number of benzene rings is 1. The second-order valence-electron chi connectivity index (χ2n) is 16.0. The van der Waals surface area contributed by atoms with E-state index in [4.69, 9.17) is 13.5 Å². The largest absolute Gasteiger partial charge is 0.465 e. The zero-order valence-electron chi connectivity index (χ0n) is 28.8. The zero-order valence-corrected chi connectivity index (χ0v) is 29.7.